The van der Waals surface area contributed by atoms with Gasteiger partial charge in [-0.25, -0.2) is 0 Å². The van der Waals surface area contributed by atoms with Gasteiger partial charge in [-0.05, 0) is 36.8 Å². The maximum Gasteiger partial charge on any atom is 0.253 e. The lowest BCUT2D eigenvalue weighted by Crippen LogP contribution is -2.45. The molecular formula is C21H33N3O2. The van der Waals surface area contributed by atoms with Gasteiger partial charge < -0.3 is 15.5 Å². The van der Waals surface area contributed by atoms with Gasteiger partial charge in [0.05, 0.1) is 5.56 Å². The molecular weight excluding hydrogens is 326 g/mol. The zero-order valence-corrected chi connectivity index (χ0v) is 16.6. The van der Waals surface area contributed by atoms with Gasteiger partial charge in [-0.1, -0.05) is 39.8 Å². The van der Waals surface area contributed by atoms with E-state index in [1.165, 1.54) is 0 Å². The van der Waals surface area contributed by atoms with Gasteiger partial charge in [0.25, 0.3) is 5.91 Å². The zero-order valence-electron chi connectivity index (χ0n) is 16.6. The topological polar surface area (TPSA) is 61.4 Å². The molecule has 144 valence electrons. The van der Waals surface area contributed by atoms with E-state index in [9.17, 15) is 9.59 Å². The summed E-state index contributed by atoms with van der Waals surface area (Å²) in [6, 6.07) is 8.01. The SMILES string of the molecule is CCCNC(=O)c1ccccc1N1CCC(NC(=O)CC(C)(C)C)CC1. The van der Waals surface area contributed by atoms with Crippen molar-refractivity contribution in [2.45, 2.75) is 59.4 Å². The number of amides is 2. The largest absolute Gasteiger partial charge is 0.371 e. The summed E-state index contributed by atoms with van der Waals surface area (Å²) in [5.74, 6) is 0.123. The van der Waals surface area contributed by atoms with Crippen molar-refractivity contribution >= 4 is 17.5 Å². The smallest absolute Gasteiger partial charge is 0.253 e. The molecule has 1 aliphatic rings. The van der Waals surface area contributed by atoms with Crippen LogP contribution in [0.1, 0.15) is 63.7 Å². The first-order valence-corrected chi connectivity index (χ1v) is 9.71. The second-order valence-electron chi connectivity index (χ2n) is 8.34. The van der Waals surface area contributed by atoms with Crippen LogP contribution in [0.25, 0.3) is 0 Å². The quantitative estimate of drug-likeness (QED) is 0.819. The van der Waals surface area contributed by atoms with Gasteiger partial charge in [0.15, 0.2) is 0 Å². The molecule has 0 aromatic heterocycles. The van der Waals surface area contributed by atoms with E-state index in [1.54, 1.807) is 0 Å². The number of carbonyl (C=O) groups is 2. The van der Waals surface area contributed by atoms with E-state index >= 15 is 0 Å². The summed E-state index contributed by atoms with van der Waals surface area (Å²) in [7, 11) is 0. The fraction of sp³-hybridized carbons (Fsp3) is 0.619. The minimum absolute atomic E-state index is 0.00950. The molecule has 1 heterocycles. The van der Waals surface area contributed by atoms with Crippen LogP contribution in [0.2, 0.25) is 0 Å². The number of piperidine rings is 1. The third-order valence-electron chi connectivity index (χ3n) is 4.58. The van der Waals surface area contributed by atoms with Gasteiger partial charge in [0.1, 0.15) is 0 Å². The number of benzene rings is 1. The molecule has 5 heteroatoms. The summed E-state index contributed by atoms with van der Waals surface area (Å²) < 4.78 is 0. The normalized spacial score (nSPS) is 15.6. The molecule has 2 N–H and O–H groups in total. The summed E-state index contributed by atoms with van der Waals surface area (Å²) >= 11 is 0. The third-order valence-corrected chi connectivity index (χ3v) is 4.58. The highest BCUT2D eigenvalue weighted by Crippen LogP contribution is 2.25. The third kappa shape index (κ3) is 6.04. The van der Waals surface area contributed by atoms with Crippen molar-refractivity contribution in [3.63, 3.8) is 0 Å². The van der Waals surface area contributed by atoms with E-state index in [0.29, 0.717) is 13.0 Å². The number of nitrogens with one attached hydrogen (secondary N) is 2. The highest BCUT2D eigenvalue weighted by Gasteiger charge is 2.25. The van der Waals surface area contributed by atoms with E-state index in [2.05, 4.69) is 36.3 Å². The number of hydrogen-bond acceptors (Lipinski definition) is 3. The second kappa shape index (κ2) is 9.06. The molecule has 26 heavy (non-hydrogen) atoms. The predicted octanol–water partition coefficient (Wildman–Crippen LogP) is 3.35. The number of rotatable bonds is 6. The molecule has 0 saturated carbocycles. The van der Waals surface area contributed by atoms with Crippen LogP contribution in [-0.2, 0) is 4.79 Å². The van der Waals surface area contributed by atoms with Gasteiger partial charge in [-0.3, -0.25) is 9.59 Å². The highest BCUT2D eigenvalue weighted by molar-refractivity contribution is 5.99. The van der Waals surface area contributed by atoms with Crippen molar-refractivity contribution in [1.82, 2.24) is 10.6 Å². The average molecular weight is 360 g/mol. The Balaban J connectivity index is 1.94. The van der Waals surface area contributed by atoms with Crippen molar-refractivity contribution in [3.8, 4) is 0 Å². The van der Waals surface area contributed by atoms with Crippen molar-refractivity contribution in [2.75, 3.05) is 24.5 Å². The first kappa shape index (κ1) is 20.3. The molecule has 1 fully saturated rings. The van der Waals surface area contributed by atoms with Crippen molar-refractivity contribution in [1.29, 1.82) is 0 Å². The minimum Gasteiger partial charge on any atom is -0.371 e. The van der Waals surface area contributed by atoms with Crippen LogP contribution in [-0.4, -0.2) is 37.5 Å². The van der Waals surface area contributed by atoms with Crippen molar-refractivity contribution < 1.29 is 9.59 Å². The van der Waals surface area contributed by atoms with Crippen LogP contribution in [0.4, 0.5) is 5.69 Å². The summed E-state index contributed by atoms with van der Waals surface area (Å²) in [4.78, 5) is 26.8. The summed E-state index contributed by atoms with van der Waals surface area (Å²) in [6.45, 7) is 10.7. The van der Waals surface area contributed by atoms with Crippen molar-refractivity contribution in [3.05, 3.63) is 29.8 Å². The maximum absolute atomic E-state index is 12.4. The maximum atomic E-state index is 12.4. The number of nitrogens with zero attached hydrogens (tertiary/aromatic N) is 1. The Morgan fingerprint density at radius 3 is 2.42 bits per heavy atom. The van der Waals surface area contributed by atoms with E-state index in [-0.39, 0.29) is 23.3 Å². The van der Waals surface area contributed by atoms with E-state index < -0.39 is 0 Å². The molecule has 2 rings (SSSR count). The van der Waals surface area contributed by atoms with Gasteiger partial charge in [0, 0.05) is 37.8 Å². The van der Waals surface area contributed by atoms with Gasteiger partial charge in [-0.15, -0.1) is 0 Å². The van der Waals surface area contributed by atoms with Crippen LogP contribution >= 0.6 is 0 Å². The van der Waals surface area contributed by atoms with Crippen LogP contribution in [0.3, 0.4) is 0 Å². The first-order chi connectivity index (χ1) is 12.3. The molecule has 1 saturated heterocycles. The molecule has 0 aliphatic carbocycles. The molecule has 0 spiro atoms. The van der Waals surface area contributed by atoms with E-state index in [1.807, 2.05) is 31.2 Å². The van der Waals surface area contributed by atoms with Crippen LogP contribution in [0.15, 0.2) is 24.3 Å². The Kier molecular flexibility index (Phi) is 7.06. The molecule has 0 unspecified atom stereocenters. The number of para-hydroxylation sites is 1. The molecule has 0 bridgehead atoms. The Labute approximate surface area is 157 Å². The van der Waals surface area contributed by atoms with Crippen molar-refractivity contribution in [2.24, 2.45) is 5.41 Å². The fourth-order valence-electron chi connectivity index (χ4n) is 3.30. The van der Waals surface area contributed by atoms with Crippen LogP contribution < -0.4 is 15.5 Å². The average Bonchev–Trinajstić information content (AvgIpc) is 2.58. The standard InChI is InChI=1S/C21H33N3O2/c1-5-12-22-20(26)17-8-6-7-9-18(17)24-13-10-16(11-14-24)23-19(25)15-21(2,3)4/h6-9,16H,5,10-15H2,1-4H3,(H,22,26)(H,23,25). The molecule has 1 aromatic rings. The van der Waals surface area contributed by atoms with E-state index in [4.69, 9.17) is 0 Å². The molecule has 0 radical (unpaired) electrons. The lowest BCUT2D eigenvalue weighted by molar-refractivity contribution is -0.123. The van der Waals surface area contributed by atoms with Crippen LogP contribution in [0.5, 0.6) is 0 Å². The monoisotopic (exact) mass is 359 g/mol. The number of carbonyl (C=O) groups excluding carboxylic acids is 2. The number of anilines is 1. The highest BCUT2D eigenvalue weighted by atomic mass is 16.2. The molecule has 5 nitrogen and oxygen atoms in total. The fourth-order valence-corrected chi connectivity index (χ4v) is 3.30. The molecule has 2 amide bonds. The second-order valence-corrected chi connectivity index (χ2v) is 8.34. The van der Waals surface area contributed by atoms with E-state index in [0.717, 1.165) is 43.6 Å². The Morgan fingerprint density at radius 2 is 1.81 bits per heavy atom. The summed E-state index contributed by atoms with van der Waals surface area (Å²) in [6.07, 6.45) is 3.28. The zero-order chi connectivity index (χ0) is 19.2. The molecule has 1 aromatic carbocycles. The lowest BCUT2D eigenvalue weighted by atomic mass is 9.91. The Morgan fingerprint density at radius 1 is 1.15 bits per heavy atom. The van der Waals surface area contributed by atoms with Gasteiger partial charge in [0.2, 0.25) is 5.91 Å². The van der Waals surface area contributed by atoms with Crippen LogP contribution in [0, 0.1) is 5.41 Å². The first-order valence-electron chi connectivity index (χ1n) is 9.71. The minimum atomic E-state index is -0.0111. The van der Waals surface area contributed by atoms with Gasteiger partial charge >= 0.3 is 0 Å². The molecule has 1 aliphatic heterocycles. The Bertz CT molecular complexity index is 614. The lowest BCUT2D eigenvalue weighted by Gasteiger charge is -2.35. The van der Waals surface area contributed by atoms with Gasteiger partial charge in [-0.2, -0.15) is 0 Å². The predicted molar refractivity (Wildman–Crippen MR) is 107 cm³/mol. The summed E-state index contributed by atoms with van der Waals surface area (Å²) in [5, 5.41) is 6.13. The summed E-state index contributed by atoms with van der Waals surface area (Å²) in [5.41, 5.74) is 1.73. The Hall–Kier alpha value is -2.04. The molecule has 0 atom stereocenters. The number of hydrogen-bond donors (Lipinski definition) is 2.